The van der Waals surface area contributed by atoms with Crippen LogP contribution in [0.15, 0.2) is 90.5 Å². The predicted octanol–water partition coefficient (Wildman–Crippen LogP) is 11.9. The van der Waals surface area contributed by atoms with E-state index in [2.05, 4.69) is 84.0 Å². The highest BCUT2D eigenvalue weighted by molar-refractivity contribution is 5.94. The molecule has 4 aliphatic carbocycles. The van der Waals surface area contributed by atoms with Gasteiger partial charge < -0.3 is 9.47 Å². The monoisotopic (exact) mass is 714 g/mol. The molecule has 0 aliphatic heterocycles. The van der Waals surface area contributed by atoms with Crippen LogP contribution in [-0.4, -0.2) is 11.6 Å². The highest BCUT2D eigenvalue weighted by Crippen LogP contribution is 2.64. The molecule has 3 saturated carbocycles. The third-order valence-electron chi connectivity index (χ3n) is 15.1. The van der Waals surface area contributed by atoms with Gasteiger partial charge >= 0.3 is 0 Å². The van der Waals surface area contributed by atoms with Crippen molar-refractivity contribution < 1.29 is 19.1 Å². The molecule has 0 radical (unpaired) electrons. The second-order valence-electron chi connectivity index (χ2n) is 18.5. The van der Waals surface area contributed by atoms with Gasteiger partial charge in [0.05, 0.1) is 0 Å². The largest absolute Gasteiger partial charge is 0.489 e. The minimum absolute atomic E-state index is 0.125. The van der Waals surface area contributed by atoms with Crippen LogP contribution in [0.4, 0.5) is 0 Å². The van der Waals surface area contributed by atoms with Crippen molar-refractivity contribution in [3.63, 3.8) is 0 Å². The summed E-state index contributed by atoms with van der Waals surface area (Å²) < 4.78 is 13.0. The lowest BCUT2D eigenvalue weighted by atomic mass is 9.43. The zero-order chi connectivity index (χ0) is 37.4. The molecule has 0 unspecified atom stereocenters. The van der Waals surface area contributed by atoms with Crippen molar-refractivity contribution in [2.24, 2.45) is 45.3 Å². The van der Waals surface area contributed by atoms with Gasteiger partial charge in [0.2, 0.25) is 0 Å². The van der Waals surface area contributed by atoms with E-state index in [1.54, 1.807) is 0 Å². The number of carbonyl (C=O) groups excluding carboxylic acids is 2. The van der Waals surface area contributed by atoms with Gasteiger partial charge in [0.25, 0.3) is 0 Å². The lowest BCUT2D eigenvalue weighted by Crippen LogP contribution is -2.58. The molecule has 3 aromatic rings. The maximum atomic E-state index is 15.2. The minimum atomic E-state index is -0.614. The predicted molar refractivity (Wildman–Crippen MR) is 214 cm³/mol. The number of hydrogen-bond donors (Lipinski definition) is 0. The van der Waals surface area contributed by atoms with E-state index in [4.69, 9.17) is 9.47 Å². The number of rotatable bonds is 11. The van der Waals surface area contributed by atoms with Gasteiger partial charge in [-0.25, -0.2) is 0 Å². The Kier molecular flexibility index (Phi) is 10.6. The Morgan fingerprint density at radius 2 is 1.45 bits per heavy atom. The number of benzene rings is 3. The molecular weight excluding hydrogens is 653 g/mol. The Morgan fingerprint density at radius 1 is 0.774 bits per heavy atom. The third kappa shape index (κ3) is 7.05. The maximum Gasteiger partial charge on any atom is 0.140 e. The van der Waals surface area contributed by atoms with Gasteiger partial charge in [-0.3, -0.25) is 9.59 Å². The van der Waals surface area contributed by atoms with Crippen LogP contribution in [0, 0.1) is 45.3 Å². The smallest absolute Gasteiger partial charge is 0.140 e. The number of Topliss-reactive ketones (excluding diaryl/α,β-unsaturated/α-hetero) is 2. The van der Waals surface area contributed by atoms with Crippen LogP contribution in [0.25, 0.3) is 0 Å². The maximum absolute atomic E-state index is 15.2. The van der Waals surface area contributed by atoms with Gasteiger partial charge in [0.1, 0.15) is 36.3 Å². The molecule has 4 heteroatoms. The van der Waals surface area contributed by atoms with E-state index >= 15 is 4.79 Å². The Balaban J connectivity index is 1.21. The first-order valence-corrected chi connectivity index (χ1v) is 20.6. The summed E-state index contributed by atoms with van der Waals surface area (Å²) in [5.41, 5.74) is 3.74. The van der Waals surface area contributed by atoms with Crippen LogP contribution in [0.1, 0.15) is 122 Å². The summed E-state index contributed by atoms with van der Waals surface area (Å²) in [6.07, 6.45) is 12.3. The molecule has 4 aliphatic rings. The molecule has 53 heavy (non-hydrogen) atoms. The van der Waals surface area contributed by atoms with Crippen molar-refractivity contribution in [3.05, 3.63) is 107 Å². The number of hydrogen-bond acceptors (Lipinski definition) is 4. The summed E-state index contributed by atoms with van der Waals surface area (Å²) in [5.74, 6) is 3.42. The van der Waals surface area contributed by atoms with Crippen molar-refractivity contribution in [1.82, 2.24) is 0 Å². The minimum Gasteiger partial charge on any atom is -0.489 e. The Hall–Kier alpha value is -3.66. The van der Waals surface area contributed by atoms with Crippen molar-refractivity contribution in [1.29, 1.82) is 0 Å². The highest BCUT2D eigenvalue weighted by atomic mass is 16.5. The fourth-order valence-corrected chi connectivity index (χ4v) is 11.4. The van der Waals surface area contributed by atoms with Gasteiger partial charge in [-0.1, -0.05) is 120 Å². The third-order valence-corrected chi connectivity index (χ3v) is 15.1. The molecule has 3 aromatic carbocycles. The summed E-state index contributed by atoms with van der Waals surface area (Å²) in [7, 11) is 0. The fraction of sp³-hybridized carbons (Fsp3) is 0.551. The summed E-state index contributed by atoms with van der Waals surface area (Å²) >= 11 is 0. The average molecular weight is 715 g/mol. The van der Waals surface area contributed by atoms with Crippen molar-refractivity contribution in [2.75, 3.05) is 0 Å². The average Bonchev–Trinajstić information content (AvgIpc) is 3.15. The highest BCUT2D eigenvalue weighted by Gasteiger charge is 2.61. The fourth-order valence-electron chi connectivity index (χ4n) is 11.4. The topological polar surface area (TPSA) is 52.6 Å². The van der Waals surface area contributed by atoms with Crippen molar-refractivity contribution >= 4 is 11.6 Å². The number of fused-ring (bicyclic) bond motifs is 2. The molecular formula is C49H62O4. The molecule has 0 saturated heterocycles. The van der Waals surface area contributed by atoms with E-state index in [1.165, 1.54) is 12.0 Å². The van der Waals surface area contributed by atoms with Crippen LogP contribution in [-0.2, 0) is 29.2 Å². The number of ether oxygens (including phenoxy) is 2. The molecule has 0 heterocycles. The number of allylic oxidation sites excluding steroid dienone is 2. The standard InChI is InChI=1S/C49H62O4/c1-34-26-28-49(31-45(51)48(6)35(2)22-24-40-41(48)19-14-27-46(40,3)4)43(20-13-21-44(49)50)47(34,5)30-38-29-39(52-32-36-15-9-7-10-16-36)23-25-42(38)53-33-37-17-11-8-12-18-37/h7-12,15-18,23-25,29,34-35,41,43H,13-14,19-22,26-28,30-33H2,1-6H3/t34-,35+,41-,43+,47-,48-,49+/m1/s1. The lowest BCUT2D eigenvalue weighted by molar-refractivity contribution is -0.161. The summed E-state index contributed by atoms with van der Waals surface area (Å²) in [6.45, 7) is 15.1. The number of ketones is 2. The second kappa shape index (κ2) is 14.9. The summed E-state index contributed by atoms with van der Waals surface area (Å²) in [5, 5.41) is 0. The van der Waals surface area contributed by atoms with Gasteiger partial charge in [-0.15, -0.1) is 0 Å². The Bertz CT molecular complexity index is 1810. The molecule has 0 amide bonds. The van der Waals surface area contributed by atoms with E-state index in [0.717, 1.165) is 79.6 Å². The summed E-state index contributed by atoms with van der Waals surface area (Å²) in [4.78, 5) is 29.8. The van der Waals surface area contributed by atoms with Crippen LogP contribution >= 0.6 is 0 Å². The Labute approximate surface area is 319 Å². The molecule has 3 fully saturated rings. The van der Waals surface area contributed by atoms with E-state index in [-0.39, 0.29) is 28.6 Å². The molecule has 4 nitrogen and oxygen atoms in total. The van der Waals surface area contributed by atoms with Crippen LogP contribution in [0.5, 0.6) is 11.5 Å². The van der Waals surface area contributed by atoms with E-state index < -0.39 is 10.8 Å². The number of carbonyl (C=O) groups is 2. The molecule has 7 rings (SSSR count). The normalized spacial score (nSPS) is 32.2. The van der Waals surface area contributed by atoms with Crippen LogP contribution < -0.4 is 9.47 Å². The van der Waals surface area contributed by atoms with Gasteiger partial charge in [-0.2, -0.15) is 0 Å². The second-order valence-corrected chi connectivity index (χ2v) is 18.5. The van der Waals surface area contributed by atoms with Gasteiger partial charge in [0.15, 0.2) is 0 Å². The SMILES string of the molecule is C[C@@H]1CC[C@@]2(CC(=O)[C@@]3(C)[C@@H]4CCCC(C)(C)C4=CC[C@@H]3C)C(=O)CCC[C@H]2[C@]1(C)Cc1cc(OCc2ccccc2)ccc1OCc1ccccc1. The van der Waals surface area contributed by atoms with Crippen LogP contribution in [0.2, 0.25) is 0 Å². The van der Waals surface area contributed by atoms with Crippen molar-refractivity contribution in [2.45, 2.75) is 125 Å². The van der Waals surface area contributed by atoms with Crippen LogP contribution in [0.3, 0.4) is 0 Å². The van der Waals surface area contributed by atoms with Gasteiger partial charge in [0, 0.05) is 23.7 Å². The Morgan fingerprint density at radius 3 is 2.15 bits per heavy atom. The molecule has 282 valence electrons. The lowest BCUT2D eigenvalue weighted by Gasteiger charge is -2.59. The van der Waals surface area contributed by atoms with E-state index in [1.807, 2.05) is 42.5 Å². The zero-order valence-electron chi connectivity index (χ0n) is 33.2. The first-order chi connectivity index (χ1) is 25.4. The van der Waals surface area contributed by atoms with E-state index in [9.17, 15) is 4.79 Å². The van der Waals surface area contributed by atoms with E-state index in [0.29, 0.717) is 43.5 Å². The molecule has 0 bridgehead atoms. The molecule has 0 aromatic heterocycles. The first kappa shape index (κ1) is 37.6. The van der Waals surface area contributed by atoms with Gasteiger partial charge in [-0.05, 0) is 121 Å². The quantitative estimate of drug-likeness (QED) is 0.186. The zero-order valence-corrected chi connectivity index (χ0v) is 33.2. The summed E-state index contributed by atoms with van der Waals surface area (Å²) in [6, 6.07) is 26.9. The molecule has 0 N–H and O–H groups in total. The van der Waals surface area contributed by atoms with Crippen molar-refractivity contribution in [3.8, 4) is 11.5 Å². The molecule has 7 atom stereocenters. The first-order valence-electron chi connectivity index (χ1n) is 20.6. The molecule has 0 spiro atoms.